The van der Waals surface area contributed by atoms with E-state index in [1.54, 1.807) is 24.3 Å². The maximum Gasteiger partial charge on any atom is 0.340 e. The molecule has 0 unspecified atom stereocenters. The number of anilines is 2. The molecule has 7 heteroatoms. The second-order valence-electron chi connectivity index (χ2n) is 4.71. The van der Waals surface area contributed by atoms with Gasteiger partial charge in [0.05, 0.1) is 16.6 Å². The predicted molar refractivity (Wildman–Crippen MR) is 77.9 cm³/mol. The van der Waals surface area contributed by atoms with Crippen LogP contribution in [0, 0.1) is 11.6 Å². The van der Waals surface area contributed by atoms with E-state index in [-0.39, 0.29) is 16.2 Å². The number of nitrogens with one attached hydrogen (secondary N) is 1. The van der Waals surface area contributed by atoms with Gasteiger partial charge in [-0.1, -0.05) is 23.9 Å². The summed E-state index contributed by atoms with van der Waals surface area (Å²) in [7, 11) is 0. The summed E-state index contributed by atoms with van der Waals surface area (Å²) in [5.41, 5.74) is -0.242. The fourth-order valence-electron chi connectivity index (χ4n) is 2.40. The van der Waals surface area contributed by atoms with Crippen LogP contribution in [0.1, 0.15) is 0 Å². The van der Waals surface area contributed by atoms with Gasteiger partial charge in [0.1, 0.15) is 16.8 Å². The number of rotatable bonds is 0. The Bertz CT molecular complexity index is 1000. The minimum Gasteiger partial charge on any atom is -0.507 e. The molecule has 0 saturated carbocycles. The normalized spacial score (nSPS) is 12.6. The van der Waals surface area contributed by atoms with Crippen molar-refractivity contribution in [1.82, 2.24) is 0 Å². The Balaban J connectivity index is 2.12. The van der Waals surface area contributed by atoms with Gasteiger partial charge in [0.2, 0.25) is 0 Å². The van der Waals surface area contributed by atoms with E-state index in [0.29, 0.717) is 11.8 Å². The number of hydrogen-bond donors (Lipinski definition) is 2. The highest BCUT2D eigenvalue weighted by atomic mass is 32.2. The summed E-state index contributed by atoms with van der Waals surface area (Å²) in [6.45, 7) is 0. The van der Waals surface area contributed by atoms with E-state index in [0.717, 1.165) is 16.7 Å². The molecular formula is C15H7F2NO3S. The third-order valence-corrected chi connectivity index (χ3v) is 4.53. The molecule has 4 nitrogen and oxygen atoms in total. The summed E-state index contributed by atoms with van der Waals surface area (Å²) in [4.78, 5) is 12.2. The third-order valence-electron chi connectivity index (χ3n) is 3.36. The smallest absolute Gasteiger partial charge is 0.340 e. The van der Waals surface area contributed by atoms with Crippen LogP contribution in [0.3, 0.4) is 0 Å². The molecule has 0 saturated heterocycles. The van der Waals surface area contributed by atoms with Crippen LogP contribution in [0.2, 0.25) is 0 Å². The predicted octanol–water partition coefficient (Wildman–Crippen LogP) is 3.99. The molecule has 1 aliphatic heterocycles. The average Bonchev–Trinajstić information content (AvgIpc) is 2.50. The van der Waals surface area contributed by atoms with Crippen LogP contribution < -0.4 is 10.9 Å². The van der Waals surface area contributed by atoms with E-state index in [4.69, 9.17) is 4.42 Å². The quantitative estimate of drug-likeness (QED) is 0.480. The van der Waals surface area contributed by atoms with Gasteiger partial charge >= 0.3 is 5.63 Å². The lowest BCUT2D eigenvalue weighted by Crippen LogP contribution is -2.07. The Hall–Kier alpha value is -2.54. The van der Waals surface area contributed by atoms with Crippen molar-refractivity contribution < 1.29 is 18.3 Å². The molecule has 2 heterocycles. The average molecular weight is 319 g/mol. The molecule has 0 amide bonds. The number of aromatic hydroxyl groups is 1. The van der Waals surface area contributed by atoms with Crippen LogP contribution in [0.5, 0.6) is 5.75 Å². The fourth-order valence-corrected chi connectivity index (χ4v) is 3.43. The number of fused-ring (bicyclic) bond motifs is 4. The van der Waals surface area contributed by atoms with E-state index < -0.39 is 28.4 Å². The molecule has 0 atom stereocenters. The van der Waals surface area contributed by atoms with Gasteiger partial charge in [-0.15, -0.1) is 0 Å². The maximum absolute atomic E-state index is 14.3. The molecule has 110 valence electrons. The standard InChI is InChI=1S/C15H7F2NO3S/c16-11-10-7(19)5-9(20)21-14(10)13-15(12(11)17)22-8-4-2-1-3-6(8)18-13/h1-5,18-19H. The first-order valence-corrected chi connectivity index (χ1v) is 7.09. The van der Waals surface area contributed by atoms with Crippen molar-refractivity contribution in [2.45, 2.75) is 9.79 Å². The van der Waals surface area contributed by atoms with Gasteiger partial charge in [-0.3, -0.25) is 0 Å². The molecule has 22 heavy (non-hydrogen) atoms. The Kier molecular flexibility index (Phi) is 2.67. The second-order valence-corrected chi connectivity index (χ2v) is 5.76. The van der Waals surface area contributed by atoms with E-state index in [1.165, 1.54) is 0 Å². The fraction of sp³-hybridized carbons (Fsp3) is 0. The van der Waals surface area contributed by atoms with E-state index >= 15 is 0 Å². The molecule has 1 aliphatic rings. The molecule has 0 fully saturated rings. The van der Waals surface area contributed by atoms with Crippen LogP contribution >= 0.6 is 11.8 Å². The van der Waals surface area contributed by atoms with Crippen LogP contribution in [-0.2, 0) is 0 Å². The molecule has 0 spiro atoms. The molecule has 0 radical (unpaired) electrons. The lowest BCUT2D eigenvalue weighted by molar-refractivity contribution is 0.453. The van der Waals surface area contributed by atoms with Crippen molar-refractivity contribution in [3.63, 3.8) is 0 Å². The van der Waals surface area contributed by atoms with E-state index in [1.807, 2.05) is 0 Å². The first-order chi connectivity index (χ1) is 10.6. The summed E-state index contributed by atoms with van der Waals surface area (Å²) in [6, 6.07) is 7.80. The Morgan fingerprint density at radius 1 is 1.18 bits per heavy atom. The van der Waals surface area contributed by atoms with Crippen molar-refractivity contribution >= 4 is 34.1 Å². The molecular weight excluding hydrogens is 312 g/mol. The highest BCUT2D eigenvalue weighted by Crippen LogP contribution is 2.49. The summed E-state index contributed by atoms with van der Waals surface area (Å²) in [6.07, 6.45) is 0. The molecule has 4 rings (SSSR count). The SMILES string of the molecule is O=c1cc(O)c2c(F)c(F)c3c(c2o1)Nc1ccccc1S3. The molecule has 2 N–H and O–H groups in total. The monoisotopic (exact) mass is 319 g/mol. The number of benzene rings is 2. The Morgan fingerprint density at radius 3 is 2.77 bits per heavy atom. The topological polar surface area (TPSA) is 62.5 Å². The van der Waals surface area contributed by atoms with Crippen molar-refractivity contribution in [2.24, 2.45) is 0 Å². The molecule has 1 aromatic heterocycles. The minimum absolute atomic E-state index is 0.0163. The molecule has 0 bridgehead atoms. The van der Waals surface area contributed by atoms with Gasteiger partial charge in [0.25, 0.3) is 0 Å². The largest absolute Gasteiger partial charge is 0.507 e. The number of hydrogen-bond acceptors (Lipinski definition) is 5. The van der Waals surface area contributed by atoms with Gasteiger partial charge in [-0.2, -0.15) is 0 Å². The summed E-state index contributed by atoms with van der Waals surface area (Å²) in [5, 5.41) is 12.2. The lowest BCUT2D eigenvalue weighted by Gasteiger charge is -2.22. The third kappa shape index (κ3) is 1.72. The summed E-state index contributed by atoms with van der Waals surface area (Å²) < 4.78 is 33.5. The van der Waals surface area contributed by atoms with Gasteiger partial charge in [-0.25, -0.2) is 13.6 Å². The van der Waals surface area contributed by atoms with Crippen molar-refractivity contribution in [3.8, 4) is 5.75 Å². The zero-order valence-electron chi connectivity index (χ0n) is 10.8. The zero-order valence-corrected chi connectivity index (χ0v) is 11.6. The van der Waals surface area contributed by atoms with Gasteiger partial charge in [0.15, 0.2) is 17.2 Å². The molecule has 0 aliphatic carbocycles. The van der Waals surface area contributed by atoms with Gasteiger partial charge < -0.3 is 14.8 Å². The molecule has 2 aromatic carbocycles. The van der Waals surface area contributed by atoms with E-state index in [9.17, 15) is 18.7 Å². The zero-order chi connectivity index (χ0) is 15.4. The molecule has 3 aromatic rings. The Labute approximate surface area is 126 Å². The Morgan fingerprint density at radius 2 is 1.95 bits per heavy atom. The van der Waals surface area contributed by atoms with Crippen molar-refractivity contribution in [1.29, 1.82) is 0 Å². The number of para-hydroxylation sites is 1. The van der Waals surface area contributed by atoms with Gasteiger partial charge in [-0.05, 0) is 12.1 Å². The summed E-state index contributed by atoms with van der Waals surface area (Å²) >= 11 is 1.03. The van der Waals surface area contributed by atoms with Crippen LogP contribution in [0.15, 0.2) is 49.3 Å². The first-order valence-electron chi connectivity index (χ1n) is 6.28. The van der Waals surface area contributed by atoms with E-state index in [2.05, 4.69) is 5.32 Å². The second kappa shape index (κ2) is 4.48. The number of halogens is 2. The van der Waals surface area contributed by atoms with Crippen molar-refractivity contribution in [3.05, 3.63) is 52.4 Å². The van der Waals surface area contributed by atoms with Crippen LogP contribution in [-0.4, -0.2) is 5.11 Å². The van der Waals surface area contributed by atoms with Crippen LogP contribution in [0.25, 0.3) is 11.0 Å². The highest BCUT2D eigenvalue weighted by Gasteiger charge is 2.28. The van der Waals surface area contributed by atoms with Gasteiger partial charge in [0, 0.05) is 4.90 Å². The van der Waals surface area contributed by atoms with Crippen molar-refractivity contribution in [2.75, 3.05) is 5.32 Å². The highest BCUT2D eigenvalue weighted by molar-refractivity contribution is 7.99. The maximum atomic E-state index is 14.3. The van der Waals surface area contributed by atoms with Crippen LogP contribution in [0.4, 0.5) is 20.2 Å². The lowest BCUT2D eigenvalue weighted by atomic mass is 10.1. The summed E-state index contributed by atoms with van der Waals surface area (Å²) in [5.74, 6) is -3.00. The first kappa shape index (κ1) is 13.1. The minimum atomic E-state index is -1.25.